The average molecular weight is 337 g/mol. The fourth-order valence-corrected chi connectivity index (χ4v) is 2.74. The van der Waals surface area contributed by atoms with E-state index >= 15 is 0 Å². The standard InChI is InChI=1S/C21H23NO3/c1-24-19-12-17(13-20(14-19)25-2)8-11-21(23)22(18-9-10-18)15-16-6-4-3-5-7-16/h3-8,11-14,18H,9-10,15H2,1-2H3. The molecule has 1 saturated carbocycles. The molecular formula is C21H23NO3. The van der Waals surface area contributed by atoms with Gasteiger partial charge in [0, 0.05) is 24.7 Å². The van der Waals surface area contributed by atoms with Gasteiger partial charge < -0.3 is 14.4 Å². The van der Waals surface area contributed by atoms with Gasteiger partial charge in [0.05, 0.1) is 14.2 Å². The zero-order valence-corrected chi connectivity index (χ0v) is 14.6. The van der Waals surface area contributed by atoms with E-state index in [2.05, 4.69) is 12.1 Å². The SMILES string of the molecule is COc1cc(C=CC(=O)N(Cc2ccccc2)C2CC2)cc(OC)c1. The molecule has 1 amide bonds. The zero-order valence-electron chi connectivity index (χ0n) is 14.6. The summed E-state index contributed by atoms with van der Waals surface area (Å²) in [6.07, 6.45) is 5.61. The fourth-order valence-electron chi connectivity index (χ4n) is 2.74. The van der Waals surface area contributed by atoms with E-state index < -0.39 is 0 Å². The van der Waals surface area contributed by atoms with Crippen molar-refractivity contribution in [3.8, 4) is 11.5 Å². The number of carbonyl (C=O) groups is 1. The Morgan fingerprint density at radius 2 is 1.72 bits per heavy atom. The number of nitrogens with zero attached hydrogens (tertiary/aromatic N) is 1. The number of rotatable bonds is 7. The zero-order chi connectivity index (χ0) is 17.6. The number of benzene rings is 2. The summed E-state index contributed by atoms with van der Waals surface area (Å²) in [5.41, 5.74) is 2.03. The minimum Gasteiger partial charge on any atom is -0.497 e. The molecule has 0 aliphatic heterocycles. The lowest BCUT2D eigenvalue weighted by molar-refractivity contribution is -0.127. The Morgan fingerprint density at radius 3 is 2.28 bits per heavy atom. The van der Waals surface area contributed by atoms with Crippen molar-refractivity contribution in [1.82, 2.24) is 4.90 Å². The van der Waals surface area contributed by atoms with Crippen LogP contribution in [-0.4, -0.2) is 31.1 Å². The summed E-state index contributed by atoms with van der Waals surface area (Å²) in [5, 5.41) is 0. The van der Waals surface area contributed by atoms with E-state index in [0.717, 1.165) is 24.0 Å². The van der Waals surface area contributed by atoms with E-state index in [4.69, 9.17) is 9.47 Å². The van der Waals surface area contributed by atoms with Crippen molar-refractivity contribution in [2.75, 3.05) is 14.2 Å². The molecule has 25 heavy (non-hydrogen) atoms. The van der Waals surface area contributed by atoms with E-state index in [1.807, 2.05) is 47.4 Å². The molecule has 0 N–H and O–H groups in total. The lowest BCUT2D eigenvalue weighted by atomic mass is 10.1. The second-order valence-corrected chi connectivity index (χ2v) is 6.16. The summed E-state index contributed by atoms with van der Waals surface area (Å²) in [6, 6.07) is 16.0. The highest BCUT2D eigenvalue weighted by atomic mass is 16.5. The van der Waals surface area contributed by atoms with Gasteiger partial charge in [0.1, 0.15) is 11.5 Å². The maximum absolute atomic E-state index is 12.7. The van der Waals surface area contributed by atoms with Crippen LogP contribution >= 0.6 is 0 Å². The Morgan fingerprint density at radius 1 is 1.08 bits per heavy atom. The van der Waals surface area contributed by atoms with Crippen LogP contribution in [0.15, 0.2) is 54.6 Å². The van der Waals surface area contributed by atoms with Crippen LogP contribution in [0.3, 0.4) is 0 Å². The minimum atomic E-state index is 0.0353. The van der Waals surface area contributed by atoms with Crippen LogP contribution in [-0.2, 0) is 11.3 Å². The van der Waals surface area contributed by atoms with Gasteiger partial charge in [0.15, 0.2) is 0 Å². The second-order valence-electron chi connectivity index (χ2n) is 6.16. The van der Waals surface area contributed by atoms with Crippen molar-refractivity contribution in [2.24, 2.45) is 0 Å². The molecule has 0 heterocycles. The highest BCUT2D eigenvalue weighted by molar-refractivity contribution is 5.92. The fraction of sp³-hybridized carbons (Fsp3) is 0.286. The van der Waals surface area contributed by atoms with Crippen LogP contribution in [0.2, 0.25) is 0 Å². The van der Waals surface area contributed by atoms with Gasteiger partial charge >= 0.3 is 0 Å². The molecule has 0 atom stereocenters. The lowest BCUT2D eigenvalue weighted by Gasteiger charge is -2.21. The predicted molar refractivity (Wildman–Crippen MR) is 98.6 cm³/mol. The van der Waals surface area contributed by atoms with Crippen molar-refractivity contribution in [3.63, 3.8) is 0 Å². The molecule has 4 heteroatoms. The van der Waals surface area contributed by atoms with E-state index in [1.54, 1.807) is 20.3 Å². The molecule has 0 unspecified atom stereocenters. The van der Waals surface area contributed by atoms with E-state index in [9.17, 15) is 4.79 Å². The van der Waals surface area contributed by atoms with Gasteiger partial charge in [-0.15, -0.1) is 0 Å². The summed E-state index contributed by atoms with van der Waals surface area (Å²) >= 11 is 0. The summed E-state index contributed by atoms with van der Waals surface area (Å²) in [7, 11) is 3.23. The van der Waals surface area contributed by atoms with Gasteiger partial charge in [-0.25, -0.2) is 0 Å². The Labute approximate surface area is 148 Å². The Balaban J connectivity index is 1.74. The molecule has 1 aliphatic rings. The quantitative estimate of drug-likeness (QED) is 0.719. The third-order valence-electron chi connectivity index (χ3n) is 4.26. The molecule has 130 valence electrons. The summed E-state index contributed by atoms with van der Waals surface area (Å²) < 4.78 is 10.5. The van der Waals surface area contributed by atoms with Gasteiger partial charge in [-0.2, -0.15) is 0 Å². The van der Waals surface area contributed by atoms with Gasteiger partial charge in [0.25, 0.3) is 0 Å². The van der Waals surface area contributed by atoms with Crippen molar-refractivity contribution in [1.29, 1.82) is 0 Å². The van der Waals surface area contributed by atoms with Crippen LogP contribution in [0.4, 0.5) is 0 Å². The first-order valence-electron chi connectivity index (χ1n) is 8.45. The molecular weight excluding hydrogens is 314 g/mol. The molecule has 0 spiro atoms. The van der Waals surface area contributed by atoms with Crippen molar-refractivity contribution >= 4 is 12.0 Å². The molecule has 0 saturated heterocycles. The van der Waals surface area contributed by atoms with Crippen LogP contribution in [0.25, 0.3) is 6.08 Å². The van der Waals surface area contributed by atoms with Crippen molar-refractivity contribution < 1.29 is 14.3 Å². The normalized spacial score (nSPS) is 13.7. The number of hydrogen-bond acceptors (Lipinski definition) is 3. The maximum Gasteiger partial charge on any atom is 0.247 e. The Kier molecular flexibility index (Phi) is 5.39. The molecule has 3 rings (SSSR count). The smallest absolute Gasteiger partial charge is 0.247 e. The van der Waals surface area contributed by atoms with E-state index in [-0.39, 0.29) is 5.91 Å². The largest absolute Gasteiger partial charge is 0.497 e. The van der Waals surface area contributed by atoms with Gasteiger partial charge in [-0.1, -0.05) is 30.3 Å². The first-order chi connectivity index (χ1) is 12.2. The number of ether oxygens (including phenoxy) is 2. The summed E-state index contributed by atoms with van der Waals surface area (Å²) in [6.45, 7) is 0.649. The summed E-state index contributed by atoms with van der Waals surface area (Å²) in [4.78, 5) is 14.6. The number of amides is 1. The van der Waals surface area contributed by atoms with Crippen molar-refractivity contribution in [2.45, 2.75) is 25.4 Å². The second kappa shape index (κ2) is 7.88. The van der Waals surface area contributed by atoms with Gasteiger partial charge in [-0.3, -0.25) is 4.79 Å². The first kappa shape index (κ1) is 17.1. The average Bonchev–Trinajstić information content (AvgIpc) is 3.49. The van der Waals surface area contributed by atoms with E-state index in [0.29, 0.717) is 24.1 Å². The Hall–Kier alpha value is -2.75. The lowest BCUT2D eigenvalue weighted by Crippen LogP contribution is -2.31. The highest BCUT2D eigenvalue weighted by Gasteiger charge is 2.31. The molecule has 0 radical (unpaired) electrons. The third-order valence-corrected chi connectivity index (χ3v) is 4.26. The third kappa shape index (κ3) is 4.63. The predicted octanol–water partition coefficient (Wildman–Crippen LogP) is 3.91. The maximum atomic E-state index is 12.7. The van der Waals surface area contributed by atoms with Crippen LogP contribution in [0.5, 0.6) is 11.5 Å². The molecule has 1 fully saturated rings. The summed E-state index contributed by atoms with van der Waals surface area (Å²) in [5.74, 6) is 1.44. The molecule has 1 aliphatic carbocycles. The molecule has 2 aromatic carbocycles. The number of methoxy groups -OCH3 is 2. The Bertz CT molecular complexity index is 729. The number of carbonyl (C=O) groups excluding carboxylic acids is 1. The van der Waals surface area contributed by atoms with E-state index in [1.165, 1.54) is 0 Å². The van der Waals surface area contributed by atoms with Gasteiger partial charge in [-0.05, 0) is 42.2 Å². The highest BCUT2D eigenvalue weighted by Crippen LogP contribution is 2.29. The molecule has 2 aromatic rings. The minimum absolute atomic E-state index is 0.0353. The first-order valence-corrected chi connectivity index (χ1v) is 8.45. The molecule has 0 aromatic heterocycles. The molecule has 4 nitrogen and oxygen atoms in total. The molecule has 0 bridgehead atoms. The van der Waals surface area contributed by atoms with Gasteiger partial charge in [0.2, 0.25) is 5.91 Å². The van der Waals surface area contributed by atoms with Crippen LogP contribution in [0, 0.1) is 0 Å². The van der Waals surface area contributed by atoms with Crippen LogP contribution < -0.4 is 9.47 Å². The monoisotopic (exact) mass is 337 g/mol. The topological polar surface area (TPSA) is 38.8 Å². The number of hydrogen-bond donors (Lipinski definition) is 0. The van der Waals surface area contributed by atoms with Crippen molar-refractivity contribution in [3.05, 3.63) is 65.7 Å². The van der Waals surface area contributed by atoms with Crippen LogP contribution in [0.1, 0.15) is 24.0 Å².